The molecule has 3 aromatic rings. The number of nitrogens with zero attached hydrogens (tertiary/aromatic N) is 1. The van der Waals surface area contributed by atoms with E-state index in [1.807, 2.05) is 60.8 Å². The monoisotopic (exact) mass is 359 g/mol. The molecule has 0 heterocycles. The van der Waals surface area contributed by atoms with Gasteiger partial charge in [0.2, 0.25) is 0 Å². The van der Waals surface area contributed by atoms with E-state index in [1.165, 1.54) is 5.56 Å². The van der Waals surface area contributed by atoms with Gasteiger partial charge in [-0.2, -0.15) is 0 Å². The van der Waals surface area contributed by atoms with Gasteiger partial charge in [-0.25, -0.2) is 0 Å². The fourth-order valence-corrected chi connectivity index (χ4v) is 2.64. The van der Waals surface area contributed by atoms with Crippen molar-refractivity contribution in [1.29, 1.82) is 0 Å². The first kappa shape index (κ1) is 19.0. The topological polar surface area (TPSA) is 30.8 Å². The van der Waals surface area contributed by atoms with Crippen LogP contribution in [0.5, 0.6) is 0 Å². The van der Waals surface area contributed by atoms with Gasteiger partial charge in [0.05, 0.1) is 26.4 Å². The zero-order valence-corrected chi connectivity index (χ0v) is 15.4. The second kappa shape index (κ2) is 11.1. The largest absolute Gasteiger partial charge is 0.374 e. The van der Waals surface area contributed by atoms with Crippen molar-refractivity contribution in [3.8, 4) is 0 Å². The third-order valence-corrected chi connectivity index (χ3v) is 4.09. The lowest BCUT2D eigenvalue weighted by Crippen LogP contribution is -2.21. The minimum absolute atomic E-state index is 0.183. The highest BCUT2D eigenvalue weighted by atomic mass is 16.5. The number of ether oxygens (including phenoxy) is 2. The molecule has 0 saturated carbocycles. The predicted octanol–water partition coefficient (Wildman–Crippen LogP) is 5.06. The van der Waals surface area contributed by atoms with Gasteiger partial charge >= 0.3 is 0 Å². The molecule has 0 saturated heterocycles. The highest BCUT2D eigenvalue weighted by Crippen LogP contribution is 2.06. The number of hydrogen-bond donors (Lipinski definition) is 0. The maximum Gasteiger partial charge on any atom is 0.116 e. The molecule has 0 aliphatic heterocycles. The summed E-state index contributed by atoms with van der Waals surface area (Å²) in [4.78, 5) is 4.55. The maximum absolute atomic E-state index is 6.03. The van der Waals surface area contributed by atoms with Crippen LogP contribution >= 0.6 is 0 Å². The van der Waals surface area contributed by atoms with Gasteiger partial charge in [0.15, 0.2) is 0 Å². The normalized spacial score (nSPS) is 12.3. The number of rotatable bonds is 10. The molecular weight excluding hydrogens is 334 g/mol. The Morgan fingerprint density at radius 2 is 1.19 bits per heavy atom. The molecule has 0 aromatic heterocycles. The van der Waals surface area contributed by atoms with Crippen molar-refractivity contribution in [2.24, 2.45) is 4.99 Å². The molecular formula is C24H25NO2. The van der Waals surface area contributed by atoms with Crippen LogP contribution in [-0.2, 0) is 29.2 Å². The first-order valence-corrected chi connectivity index (χ1v) is 9.21. The third-order valence-electron chi connectivity index (χ3n) is 4.09. The van der Waals surface area contributed by atoms with Gasteiger partial charge < -0.3 is 9.47 Å². The van der Waals surface area contributed by atoms with Gasteiger partial charge in [-0.3, -0.25) is 4.99 Å². The zero-order chi connectivity index (χ0) is 18.6. The highest BCUT2D eigenvalue weighted by Gasteiger charge is 2.07. The van der Waals surface area contributed by atoms with Crippen LogP contribution in [-0.4, -0.2) is 18.9 Å². The van der Waals surface area contributed by atoms with Crippen molar-refractivity contribution in [1.82, 2.24) is 0 Å². The molecule has 3 nitrogen and oxygen atoms in total. The molecule has 0 aliphatic rings. The van der Waals surface area contributed by atoms with Gasteiger partial charge in [-0.1, -0.05) is 91.0 Å². The van der Waals surface area contributed by atoms with E-state index in [0.717, 1.165) is 11.1 Å². The number of hydrogen-bond acceptors (Lipinski definition) is 3. The van der Waals surface area contributed by atoms with E-state index in [1.54, 1.807) is 0 Å². The van der Waals surface area contributed by atoms with Gasteiger partial charge in [0.25, 0.3) is 0 Å². The second-order valence-electron chi connectivity index (χ2n) is 6.31. The minimum Gasteiger partial charge on any atom is -0.374 e. The van der Waals surface area contributed by atoms with Crippen LogP contribution in [0.4, 0.5) is 0 Å². The standard InChI is InChI=1S/C24H25NO2/c1-4-10-21(11-5-1)16-25-17-24(27-19-23-14-8-3-9-15-23)20-26-18-22-12-6-2-7-13-22/h1-15,17,24H,16,18-20H2/t24-/m1/s1. The van der Waals surface area contributed by atoms with E-state index in [-0.39, 0.29) is 6.10 Å². The summed E-state index contributed by atoms with van der Waals surface area (Å²) < 4.78 is 11.9. The van der Waals surface area contributed by atoms with Gasteiger partial charge in [-0.15, -0.1) is 0 Å². The summed E-state index contributed by atoms with van der Waals surface area (Å²) in [5.41, 5.74) is 3.48. The van der Waals surface area contributed by atoms with Crippen LogP contribution in [0.3, 0.4) is 0 Å². The molecule has 0 aliphatic carbocycles. The summed E-state index contributed by atoms with van der Waals surface area (Å²) in [7, 11) is 0. The molecule has 138 valence electrons. The molecule has 1 atom stereocenters. The van der Waals surface area contributed by atoms with E-state index in [4.69, 9.17) is 9.47 Å². The van der Waals surface area contributed by atoms with E-state index in [9.17, 15) is 0 Å². The van der Waals surface area contributed by atoms with Crippen molar-refractivity contribution >= 4 is 6.21 Å². The Morgan fingerprint density at radius 1 is 0.667 bits per heavy atom. The molecule has 0 fully saturated rings. The number of benzene rings is 3. The minimum atomic E-state index is -0.183. The lowest BCUT2D eigenvalue weighted by atomic mass is 10.2. The molecule has 0 spiro atoms. The van der Waals surface area contributed by atoms with Crippen molar-refractivity contribution in [2.75, 3.05) is 6.61 Å². The van der Waals surface area contributed by atoms with Crippen LogP contribution in [0.15, 0.2) is 96.0 Å². The van der Waals surface area contributed by atoms with Gasteiger partial charge in [0, 0.05) is 6.21 Å². The fourth-order valence-electron chi connectivity index (χ4n) is 2.64. The van der Waals surface area contributed by atoms with E-state index in [0.29, 0.717) is 26.4 Å². The highest BCUT2D eigenvalue weighted by molar-refractivity contribution is 5.63. The van der Waals surface area contributed by atoms with Crippen LogP contribution in [0.1, 0.15) is 16.7 Å². The molecule has 3 heteroatoms. The summed E-state index contributed by atoms with van der Waals surface area (Å²) in [6.07, 6.45) is 1.68. The van der Waals surface area contributed by atoms with Crippen LogP contribution in [0, 0.1) is 0 Å². The molecule has 3 aromatic carbocycles. The predicted molar refractivity (Wildman–Crippen MR) is 110 cm³/mol. The molecule has 0 N–H and O–H groups in total. The Morgan fingerprint density at radius 3 is 1.78 bits per heavy atom. The van der Waals surface area contributed by atoms with Crippen molar-refractivity contribution < 1.29 is 9.47 Å². The second-order valence-corrected chi connectivity index (χ2v) is 6.31. The molecule has 0 bridgehead atoms. The molecule has 0 unspecified atom stereocenters. The van der Waals surface area contributed by atoms with Gasteiger partial charge in [0.1, 0.15) is 6.10 Å². The van der Waals surface area contributed by atoms with Crippen LogP contribution in [0.25, 0.3) is 0 Å². The van der Waals surface area contributed by atoms with E-state index >= 15 is 0 Å². The molecule has 0 amide bonds. The summed E-state index contributed by atoms with van der Waals surface area (Å²) in [6.45, 7) is 2.22. The van der Waals surface area contributed by atoms with E-state index < -0.39 is 0 Å². The maximum atomic E-state index is 6.03. The summed E-state index contributed by atoms with van der Waals surface area (Å²) in [5.74, 6) is 0. The zero-order valence-electron chi connectivity index (χ0n) is 15.4. The average molecular weight is 359 g/mol. The first-order valence-electron chi connectivity index (χ1n) is 9.21. The average Bonchev–Trinajstić information content (AvgIpc) is 2.74. The Bertz CT molecular complexity index is 788. The Labute approximate surface area is 161 Å². The SMILES string of the molecule is C(=NCc1ccccc1)[C@H](COCc1ccccc1)OCc1ccccc1. The molecule has 0 radical (unpaired) electrons. The summed E-state index contributed by atoms with van der Waals surface area (Å²) in [6, 6.07) is 30.5. The Kier molecular flexibility index (Phi) is 7.80. The lowest BCUT2D eigenvalue weighted by Gasteiger charge is -2.14. The quantitative estimate of drug-likeness (QED) is 0.474. The third kappa shape index (κ3) is 7.18. The Balaban J connectivity index is 1.53. The Hall–Kier alpha value is -2.75. The van der Waals surface area contributed by atoms with Crippen LogP contribution in [0.2, 0.25) is 0 Å². The molecule has 27 heavy (non-hydrogen) atoms. The van der Waals surface area contributed by atoms with Crippen molar-refractivity contribution in [3.05, 3.63) is 108 Å². The first-order chi connectivity index (χ1) is 13.4. The lowest BCUT2D eigenvalue weighted by molar-refractivity contribution is 0.00644. The van der Waals surface area contributed by atoms with Crippen LogP contribution < -0.4 is 0 Å². The van der Waals surface area contributed by atoms with Crippen molar-refractivity contribution in [3.63, 3.8) is 0 Å². The van der Waals surface area contributed by atoms with Gasteiger partial charge in [-0.05, 0) is 16.7 Å². The number of aliphatic imine (C=N–C) groups is 1. The fraction of sp³-hybridized carbons (Fsp3) is 0.208. The molecule has 3 rings (SSSR count). The van der Waals surface area contributed by atoms with E-state index in [2.05, 4.69) is 41.4 Å². The summed E-state index contributed by atoms with van der Waals surface area (Å²) in [5, 5.41) is 0. The smallest absolute Gasteiger partial charge is 0.116 e. The summed E-state index contributed by atoms with van der Waals surface area (Å²) >= 11 is 0. The van der Waals surface area contributed by atoms with Crippen molar-refractivity contribution in [2.45, 2.75) is 25.9 Å².